The van der Waals surface area contributed by atoms with Gasteiger partial charge in [-0.1, -0.05) is 13.8 Å². The largest absolute Gasteiger partial charge is 0.481 e. The molecule has 3 N–H and O–H groups in total. The van der Waals surface area contributed by atoms with Crippen LogP contribution in [-0.2, 0) is 4.79 Å². The second-order valence-corrected chi connectivity index (χ2v) is 4.54. The Morgan fingerprint density at radius 3 is 2.38 bits per heavy atom. The van der Waals surface area contributed by atoms with Crippen LogP contribution in [0.1, 0.15) is 20.3 Å². The van der Waals surface area contributed by atoms with Gasteiger partial charge in [-0.2, -0.15) is 0 Å². The van der Waals surface area contributed by atoms with Crippen molar-refractivity contribution in [1.29, 1.82) is 0 Å². The van der Waals surface area contributed by atoms with Crippen molar-refractivity contribution >= 4 is 5.97 Å². The number of hydrogen-bond donors (Lipinski definition) is 3. The number of aliphatic carboxylic acids is 1. The third-order valence-electron chi connectivity index (χ3n) is 2.81. The highest BCUT2D eigenvalue weighted by Crippen LogP contribution is 2.13. The van der Waals surface area contributed by atoms with Crippen LogP contribution in [0.2, 0.25) is 0 Å². The number of nitrogens with zero attached hydrogens (tertiary/aromatic N) is 1. The lowest BCUT2D eigenvalue weighted by atomic mass is 9.94. The van der Waals surface area contributed by atoms with E-state index in [1.165, 1.54) is 0 Å². The number of aliphatic hydroxyl groups excluding tert-OH is 1. The minimum absolute atomic E-state index is 0.295. The highest BCUT2D eigenvalue weighted by molar-refractivity contribution is 5.69. The van der Waals surface area contributed by atoms with Crippen LogP contribution in [0, 0.1) is 11.8 Å². The van der Waals surface area contributed by atoms with Crippen LogP contribution >= 0.6 is 0 Å². The quantitative estimate of drug-likeness (QED) is 0.412. The van der Waals surface area contributed by atoms with Gasteiger partial charge in [-0.05, 0) is 33.6 Å². The molecule has 0 rings (SSSR count). The van der Waals surface area contributed by atoms with Gasteiger partial charge in [-0.15, -0.1) is 0 Å². The minimum atomic E-state index is -0.873. The zero-order valence-corrected chi connectivity index (χ0v) is 10.6. The van der Waals surface area contributed by atoms with E-state index < -0.39 is 18.1 Å². The lowest BCUT2D eigenvalue weighted by Gasteiger charge is -2.23. The first kappa shape index (κ1) is 15.3. The first-order valence-corrected chi connectivity index (χ1v) is 5.65. The molecule has 5 nitrogen and oxygen atoms in total. The van der Waals surface area contributed by atoms with Crippen molar-refractivity contribution in [2.75, 3.05) is 27.2 Å². The molecule has 0 saturated carbocycles. The molecule has 3 atom stereocenters. The Hall–Kier alpha value is -0.650. The fourth-order valence-corrected chi connectivity index (χ4v) is 1.33. The van der Waals surface area contributed by atoms with Crippen molar-refractivity contribution in [3.8, 4) is 0 Å². The Balaban J connectivity index is 3.79. The van der Waals surface area contributed by atoms with Gasteiger partial charge >= 0.3 is 5.97 Å². The number of carboxylic acid groups (broad SMARTS) is 1. The van der Waals surface area contributed by atoms with Crippen LogP contribution in [0.25, 0.3) is 0 Å². The second-order valence-electron chi connectivity index (χ2n) is 4.54. The molecule has 16 heavy (non-hydrogen) atoms. The average molecular weight is 232 g/mol. The van der Waals surface area contributed by atoms with Crippen LogP contribution in [0.3, 0.4) is 0 Å². The van der Waals surface area contributed by atoms with E-state index in [9.17, 15) is 9.90 Å². The lowest BCUT2D eigenvalue weighted by molar-refractivity contribution is -0.144. The van der Waals surface area contributed by atoms with Crippen LogP contribution < -0.4 is 5.32 Å². The van der Waals surface area contributed by atoms with Crippen molar-refractivity contribution in [1.82, 2.24) is 10.2 Å². The maximum absolute atomic E-state index is 10.7. The van der Waals surface area contributed by atoms with Gasteiger partial charge in [0.15, 0.2) is 0 Å². The third-order valence-corrected chi connectivity index (χ3v) is 2.81. The van der Waals surface area contributed by atoms with E-state index in [4.69, 9.17) is 5.11 Å². The van der Waals surface area contributed by atoms with Gasteiger partial charge in [0.2, 0.25) is 0 Å². The van der Waals surface area contributed by atoms with Gasteiger partial charge in [0.05, 0.1) is 5.92 Å². The van der Waals surface area contributed by atoms with E-state index in [0.29, 0.717) is 6.54 Å². The molecule has 0 heterocycles. The summed E-state index contributed by atoms with van der Waals surface area (Å²) < 4.78 is 0. The maximum atomic E-state index is 10.7. The highest BCUT2D eigenvalue weighted by atomic mass is 16.4. The number of carboxylic acids is 1. The Labute approximate surface area is 97.4 Å². The number of carbonyl (C=O) groups is 1. The van der Waals surface area contributed by atoms with Gasteiger partial charge in [-0.25, -0.2) is 0 Å². The molecular weight excluding hydrogens is 208 g/mol. The molecule has 0 aromatic rings. The fourth-order valence-electron chi connectivity index (χ4n) is 1.33. The molecule has 0 aliphatic rings. The molecule has 0 aromatic carbocycles. The van der Waals surface area contributed by atoms with E-state index in [0.717, 1.165) is 13.0 Å². The topological polar surface area (TPSA) is 72.8 Å². The van der Waals surface area contributed by atoms with Gasteiger partial charge in [0.1, 0.15) is 6.23 Å². The second kappa shape index (κ2) is 7.60. The summed E-state index contributed by atoms with van der Waals surface area (Å²) >= 11 is 0. The molecule has 0 aliphatic heterocycles. The number of hydrogen-bond acceptors (Lipinski definition) is 4. The summed E-state index contributed by atoms with van der Waals surface area (Å²) in [5, 5.41) is 21.5. The number of rotatable bonds is 8. The SMILES string of the molecule is CC(C(=O)O)C(C)C(O)NCCCN(C)C. The Bertz CT molecular complexity index is 209. The molecule has 3 unspecified atom stereocenters. The molecule has 0 radical (unpaired) electrons. The third kappa shape index (κ3) is 6.05. The van der Waals surface area contributed by atoms with Crippen LogP contribution in [0.15, 0.2) is 0 Å². The molecule has 0 amide bonds. The number of aliphatic hydroxyl groups is 1. The fraction of sp³-hybridized carbons (Fsp3) is 0.909. The summed E-state index contributed by atoms with van der Waals surface area (Å²) in [5.74, 6) is -1.71. The summed E-state index contributed by atoms with van der Waals surface area (Å²) in [5.41, 5.74) is 0. The lowest BCUT2D eigenvalue weighted by Crippen LogP contribution is -2.40. The van der Waals surface area contributed by atoms with Gasteiger partial charge in [0, 0.05) is 5.92 Å². The molecular formula is C11H24N2O3. The zero-order valence-electron chi connectivity index (χ0n) is 10.6. The maximum Gasteiger partial charge on any atom is 0.306 e. The minimum Gasteiger partial charge on any atom is -0.481 e. The first-order chi connectivity index (χ1) is 7.36. The van der Waals surface area contributed by atoms with Crippen molar-refractivity contribution in [3.63, 3.8) is 0 Å². The highest BCUT2D eigenvalue weighted by Gasteiger charge is 2.25. The monoisotopic (exact) mass is 232 g/mol. The summed E-state index contributed by atoms with van der Waals surface area (Å²) in [6.07, 6.45) is 0.173. The van der Waals surface area contributed by atoms with E-state index in [2.05, 4.69) is 10.2 Å². The van der Waals surface area contributed by atoms with Crippen LogP contribution in [0.5, 0.6) is 0 Å². The number of nitrogens with one attached hydrogen (secondary N) is 1. The van der Waals surface area contributed by atoms with Gasteiger partial charge < -0.3 is 15.1 Å². The molecule has 0 spiro atoms. The van der Waals surface area contributed by atoms with E-state index in [1.807, 2.05) is 14.1 Å². The molecule has 5 heteroatoms. The van der Waals surface area contributed by atoms with Crippen molar-refractivity contribution in [2.45, 2.75) is 26.5 Å². The predicted octanol–water partition coefficient (Wildman–Crippen LogP) is 0.203. The van der Waals surface area contributed by atoms with Crippen molar-refractivity contribution in [3.05, 3.63) is 0 Å². The van der Waals surface area contributed by atoms with Crippen molar-refractivity contribution in [2.24, 2.45) is 11.8 Å². The molecule has 0 fully saturated rings. The van der Waals surface area contributed by atoms with E-state index in [-0.39, 0.29) is 5.92 Å². The Kier molecular flexibility index (Phi) is 7.29. The predicted molar refractivity (Wildman–Crippen MR) is 63.1 cm³/mol. The van der Waals surface area contributed by atoms with Gasteiger partial charge in [0.25, 0.3) is 0 Å². The summed E-state index contributed by atoms with van der Waals surface area (Å²) in [6.45, 7) is 4.98. The summed E-state index contributed by atoms with van der Waals surface area (Å²) in [7, 11) is 3.98. The first-order valence-electron chi connectivity index (χ1n) is 5.65. The standard InChI is InChI=1S/C11H24N2O3/c1-8(9(2)11(15)16)10(14)12-6-5-7-13(3)4/h8-10,12,14H,5-7H2,1-4H3,(H,15,16). The molecule has 96 valence electrons. The Morgan fingerprint density at radius 2 is 1.94 bits per heavy atom. The Morgan fingerprint density at radius 1 is 1.38 bits per heavy atom. The van der Waals surface area contributed by atoms with E-state index in [1.54, 1.807) is 13.8 Å². The van der Waals surface area contributed by atoms with Gasteiger partial charge in [-0.3, -0.25) is 10.1 Å². The average Bonchev–Trinajstić information content (AvgIpc) is 2.21. The molecule has 0 saturated heterocycles. The zero-order chi connectivity index (χ0) is 12.7. The molecule has 0 bridgehead atoms. The summed E-state index contributed by atoms with van der Waals surface area (Å²) in [4.78, 5) is 12.8. The summed E-state index contributed by atoms with van der Waals surface area (Å²) in [6, 6.07) is 0. The smallest absolute Gasteiger partial charge is 0.306 e. The van der Waals surface area contributed by atoms with Crippen LogP contribution in [0.4, 0.5) is 0 Å². The molecule has 0 aliphatic carbocycles. The van der Waals surface area contributed by atoms with Crippen molar-refractivity contribution < 1.29 is 15.0 Å². The normalized spacial score (nSPS) is 17.1. The van der Waals surface area contributed by atoms with E-state index >= 15 is 0 Å². The van der Waals surface area contributed by atoms with Crippen LogP contribution in [-0.4, -0.2) is 54.5 Å². The molecule has 0 aromatic heterocycles.